The molecule has 0 amide bonds. The SMILES string of the molecule is NC(CO)(CO)CCc1ccc(-c2cn(-c3ccc(Cl)cc3)nn2)cc1. The molecule has 0 saturated carbocycles. The maximum absolute atomic E-state index is 9.26. The van der Waals surface area contributed by atoms with Crippen LogP contribution < -0.4 is 5.73 Å². The largest absolute Gasteiger partial charge is 0.394 e. The van der Waals surface area contributed by atoms with Crippen molar-refractivity contribution in [2.45, 2.75) is 18.4 Å². The Bertz CT molecular complexity index is 843. The molecule has 0 spiro atoms. The van der Waals surface area contributed by atoms with Crippen LogP contribution in [0.3, 0.4) is 0 Å². The molecule has 0 radical (unpaired) electrons. The summed E-state index contributed by atoms with van der Waals surface area (Å²) < 4.78 is 1.70. The summed E-state index contributed by atoms with van der Waals surface area (Å²) in [4.78, 5) is 0. The first-order chi connectivity index (χ1) is 12.5. The Balaban J connectivity index is 1.70. The Hall–Kier alpha value is -2.25. The summed E-state index contributed by atoms with van der Waals surface area (Å²) in [5.74, 6) is 0. The predicted octanol–water partition coefficient (Wildman–Crippen LogP) is 2.20. The summed E-state index contributed by atoms with van der Waals surface area (Å²) in [6.07, 6.45) is 3.04. The predicted molar refractivity (Wildman–Crippen MR) is 101 cm³/mol. The number of aromatic nitrogens is 3. The first-order valence-corrected chi connectivity index (χ1v) is 8.69. The number of aliphatic hydroxyl groups is 2. The van der Waals surface area contributed by atoms with Crippen molar-refractivity contribution in [1.82, 2.24) is 15.0 Å². The van der Waals surface area contributed by atoms with Crippen molar-refractivity contribution in [3.8, 4) is 16.9 Å². The van der Waals surface area contributed by atoms with Crippen LogP contribution in [0.1, 0.15) is 12.0 Å². The number of rotatable bonds is 7. The highest BCUT2D eigenvalue weighted by Crippen LogP contribution is 2.20. The number of aryl methyl sites for hydroxylation is 1. The highest BCUT2D eigenvalue weighted by atomic mass is 35.5. The van der Waals surface area contributed by atoms with Gasteiger partial charge in [-0.15, -0.1) is 5.10 Å². The highest BCUT2D eigenvalue weighted by molar-refractivity contribution is 6.30. The molecule has 0 fully saturated rings. The van der Waals surface area contributed by atoms with Crippen molar-refractivity contribution in [2.24, 2.45) is 5.73 Å². The number of benzene rings is 2. The van der Waals surface area contributed by atoms with E-state index in [0.717, 1.165) is 22.5 Å². The molecule has 0 saturated heterocycles. The standard InChI is InChI=1S/C19H21ClN4O2/c20-16-5-7-17(8-6-16)24-11-18(22-23-24)15-3-1-14(2-4-15)9-10-19(21,12-25)13-26/h1-8,11,25-26H,9-10,12-13,21H2. The maximum Gasteiger partial charge on any atom is 0.113 e. The third kappa shape index (κ3) is 4.28. The molecule has 136 valence electrons. The number of hydrogen-bond donors (Lipinski definition) is 3. The Labute approximate surface area is 156 Å². The number of hydrogen-bond acceptors (Lipinski definition) is 5. The van der Waals surface area contributed by atoms with Gasteiger partial charge < -0.3 is 15.9 Å². The fourth-order valence-electron chi connectivity index (χ4n) is 2.56. The molecule has 0 aliphatic heterocycles. The Kier molecular flexibility index (Phi) is 5.68. The quantitative estimate of drug-likeness (QED) is 0.590. The molecule has 4 N–H and O–H groups in total. The Morgan fingerprint density at radius 3 is 2.27 bits per heavy atom. The summed E-state index contributed by atoms with van der Waals surface area (Å²) >= 11 is 5.91. The smallest absolute Gasteiger partial charge is 0.113 e. The molecule has 0 bridgehead atoms. The minimum absolute atomic E-state index is 0.241. The molecule has 3 aromatic rings. The topological polar surface area (TPSA) is 97.2 Å². The number of nitrogens with two attached hydrogens (primary N) is 1. The van der Waals surface area contributed by atoms with Gasteiger partial charge in [0, 0.05) is 10.6 Å². The first kappa shape index (κ1) is 18.5. The third-order valence-electron chi connectivity index (χ3n) is 4.38. The Morgan fingerprint density at radius 2 is 1.65 bits per heavy atom. The van der Waals surface area contributed by atoms with Crippen LogP contribution in [0, 0.1) is 0 Å². The number of nitrogens with zero attached hydrogens (tertiary/aromatic N) is 3. The fourth-order valence-corrected chi connectivity index (χ4v) is 2.69. The minimum atomic E-state index is -0.944. The number of halogens is 1. The van der Waals surface area contributed by atoms with Crippen molar-refractivity contribution in [3.05, 3.63) is 65.3 Å². The van der Waals surface area contributed by atoms with E-state index in [1.54, 1.807) is 4.68 Å². The molecule has 7 heteroatoms. The number of aliphatic hydroxyl groups excluding tert-OH is 2. The molecule has 0 unspecified atom stereocenters. The molecule has 1 aromatic heterocycles. The van der Waals surface area contributed by atoms with E-state index in [9.17, 15) is 10.2 Å². The molecule has 0 aliphatic rings. The van der Waals surface area contributed by atoms with E-state index in [2.05, 4.69) is 10.3 Å². The zero-order chi connectivity index (χ0) is 18.6. The zero-order valence-electron chi connectivity index (χ0n) is 14.2. The van der Waals surface area contributed by atoms with Gasteiger partial charge in [-0.05, 0) is 42.7 Å². The van der Waals surface area contributed by atoms with Gasteiger partial charge in [0.1, 0.15) is 5.69 Å². The second-order valence-corrected chi connectivity index (χ2v) is 6.84. The van der Waals surface area contributed by atoms with Crippen LogP contribution in [0.15, 0.2) is 54.7 Å². The van der Waals surface area contributed by atoms with E-state index in [1.165, 1.54) is 0 Å². The van der Waals surface area contributed by atoms with Crippen molar-refractivity contribution in [2.75, 3.05) is 13.2 Å². The lowest BCUT2D eigenvalue weighted by Crippen LogP contribution is -2.47. The van der Waals surface area contributed by atoms with Crippen LogP contribution in [-0.4, -0.2) is 44.0 Å². The molecule has 0 aliphatic carbocycles. The average Bonchev–Trinajstić information content (AvgIpc) is 3.17. The van der Waals surface area contributed by atoms with Crippen LogP contribution in [0.4, 0.5) is 0 Å². The van der Waals surface area contributed by atoms with E-state index in [-0.39, 0.29) is 13.2 Å². The van der Waals surface area contributed by atoms with Crippen LogP contribution in [0.5, 0.6) is 0 Å². The van der Waals surface area contributed by atoms with Crippen molar-refractivity contribution < 1.29 is 10.2 Å². The normalized spacial score (nSPS) is 11.7. The molecule has 6 nitrogen and oxygen atoms in total. The van der Waals surface area contributed by atoms with Crippen LogP contribution >= 0.6 is 11.6 Å². The molecular weight excluding hydrogens is 352 g/mol. The molecule has 2 aromatic carbocycles. The summed E-state index contributed by atoms with van der Waals surface area (Å²) in [5.41, 5.74) is 8.65. The van der Waals surface area contributed by atoms with E-state index in [1.807, 2.05) is 54.7 Å². The Morgan fingerprint density at radius 1 is 1.00 bits per heavy atom. The van der Waals surface area contributed by atoms with Crippen LogP contribution in [-0.2, 0) is 6.42 Å². The van der Waals surface area contributed by atoms with Gasteiger partial charge in [0.2, 0.25) is 0 Å². The average molecular weight is 373 g/mol. The van der Waals surface area contributed by atoms with E-state index < -0.39 is 5.54 Å². The molecule has 26 heavy (non-hydrogen) atoms. The summed E-state index contributed by atoms with van der Waals surface area (Å²) in [6, 6.07) is 15.3. The third-order valence-corrected chi connectivity index (χ3v) is 4.63. The molecular formula is C19H21ClN4O2. The van der Waals surface area contributed by atoms with E-state index >= 15 is 0 Å². The second-order valence-electron chi connectivity index (χ2n) is 6.40. The summed E-state index contributed by atoms with van der Waals surface area (Å²) in [7, 11) is 0. The molecule has 1 heterocycles. The van der Waals surface area contributed by atoms with Crippen LogP contribution in [0.25, 0.3) is 16.9 Å². The minimum Gasteiger partial charge on any atom is -0.394 e. The zero-order valence-corrected chi connectivity index (χ0v) is 15.0. The van der Waals surface area contributed by atoms with Gasteiger partial charge in [-0.2, -0.15) is 0 Å². The van der Waals surface area contributed by atoms with Gasteiger partial charge in [0.25, 0.3) is 0 Å². The lowest BCUT2D eigenvalue weighted by Gasteiger charge is -2.24. The monoisotopic (exact) mass is 372 g/mol. The molecule has 3 rings (SSSR count). The van der Waals surface area contributed by atoms with Crippen LogP contribution in [0.2, 0.25) is 5.02 Å². The van der Waals surface area contributed by atoms with E-state index in [4.69, 9.17) is 17.3 Å². The van der Waals surface area contributed by atoms with E-state index in [0.29, 0.717) is 17.9 Å². The summed E-state index contributed by atoms with van der Waals surface area (Å²) in [5, 5.41) is 27.6. The van der Waals surface area contributed by atoms with Gasteiger partial charge in [0.15, 0.2) is 0 Å². The molecule has 0 atom stereocenters. The highest BCUT2D eigenvalue weighted by Gasteiger charge is 2.22. The van der Waals surface area contributed by atoms with Gasteiger partial charge in [-0.25, -0.2) is 4.68 Å². The van der Waals surface area contributed by atoms with Gasteiger partial charge in [-0.3, -0.25) is 0 Å². The first-order valence-electron chi connectivity index (χ1n) is 8.31. The lowest BCUT2D eigenvalue weighted by molar-refractivity contribution is 0.115. The van der Waals surface area contributed by atoms with Crippen molar-refractivity contribution in [3.63, 3.8) is 0 Å². The second kappa shape index (κ2) is 7.97. The fraction of sp³-hybridized carbons (Fsp3) is 0.263. The summed E-state index contributed by atoms with van der Waals surface area (Å²) in [6.45, 7) is -0.481. The maximum atomic E-state index is 9.26. The van der Waals surface area contributed by atoms with Gasteiger partial charge in [0.05, 0.1) is 30.6 Å². The van der Waals surface area contributed by atoms with Crippen molar-refractivity contribution in [1.29, 1.82) is 0 Å². The van der Waals surface area contributed by atoms with Crippen molar-refractivity contribution >= 4 is 11.6 Å². The lowest BCUT2D eigenvalue weighted by atomic mass is 9.93. The van der Waals surface area contributed by atoms with Gasteiger partial charge in [-0.1, -0.05) is 41.1 Å². The van der Waals surface area contributed by atoms with Gasteiger partial charge >= 0.3 is 0 Å².